The maximum Gasteiger partial charge on any atom is 0.269 e. The van der Waals surface area contributed by atoms with Crippen LogP contribution in [0.3, 0.4) is 0 Å². The van der Waals surface area contributed by atoms with Gasteiger partial charge in [0.15, 0.2) is 0 Å². The normalized spacial score (nSPS) is 17.8. The van der Waals surface area contributed by atoms with Gasteiger partial charge in [0, 0.05) is 45.5 Å². The van der Waals surface area contributed by atoms with Crippen molar-refractivity contribution < 1.29 is 32.9 Å². The van der Waals surface area contributed by atoms with E-state index in [-0.39, 0.29) is 27.6 Å². The molecular formula is C45H39NO8. The minimum absolute atomic E-state index is 0.117. The highest BCUT2D eigenvalue weighted by Crippen LogP contribution is 2.51. The van der Waals surface area contributed by atoms with Gasteiger partial charge in [-0.15, -0.1) is 0 Å². The van der Waals surface area contributed by atoms with Gasteiger partial charge in [-0.3, -0.25) is 29.3 Å². The minimum atomic E-state index is -0.896. The molecule has 9 nitrogen and oxygen atoms in total. The van der Waals surface area contributed by atoms with Crippen LogP contribution in [0.2, 0.25) is 0 Å². The minimum Gasteiger partial charge on any atom is -0.459 e. The molecule has 54 heavy (non-hydrogen) atoms. The molecule has 0 fully saturated rings. The van der Waals surface area contributed by atoms with E-state index in [1.54, 1.807) is 26.0 Å². The lowest BCUT2D eigenvalue weighted by molar-refractivity contribution is -0.384. The lowest BCUT2D eigenvalue weighted by atomic mass is 9.69. The van der Waals surface area contributed by atoms with Crippen LogP contribution in [0.4, 0.5) is 5.69 Å². The predicted octanol–water partition coefficient (Wildman–Crippen LogP) is 9.90. The summed E-state index contributed by atoms with van der Waals surface area (Å²) in [6.07, 6.45) is 5.09. The number of nitrogens with zero attached hydrogens (tertiary/aromatic N) is 1. The molecule has 0 unspecified atom stereocenters. The first kappa shape index (κ1) is 34.1. The topological polar surface area (TPSA) is 138 Å². The molecule has 3 aromatic carbocycles. The molecule has 0 atom stereocenters. The van der Waals surface area contributed by atoms with Gasteiger partial charge in [-0.25, -0.2) is 0 Å². The molecule has 0 spiro atoms. The molecule has 9 rings (SSSR count). The molecule has 272 valence electrons. The van der Waals surface area contributed by atoms with Gasteiger partial charge in [-0.05, 0) is 91.0 Å². The van der Waals surface area contributed by atoms with Crippen molar-refractivity contribution in [2.24, 2.45) is 0 Å². The van der Waals surface area contributed by atoms with E-state index in [1.807, 2.05) is 24.3 Å². The third kappa shape index (κ3) is 4.56. The fourth-order valence-corrected chi connectivity index (χ4v) is 9.87. The maximum atomic E-state index is 14.1. The lowest BCUT2D eigenvalue weighted by Gasteiger charge is -2.34. The quantitative estimate of drug-likeness (QED) is 0.102. The Balaban J connectivity index is 1.28. The third-order valence-electron chi connectivity index (χ3n) is 12.7. The highest BCUT2D eigenvalue weighted by molar-refractivity contribution is 6.54. The summed E-state index contributed by atoms with van der Waals surface area (Å²) in [4.78, 5) is 67.4. The molecule has 2 heterocycles. The molecule has 0 saturated carbocycles. The van der Waals surface area contributed by atoms with E-state index in [2.05, 4.69) is 27.7 Å². The molecule has 0 saturated heterocycles. The fraction of sp³-hybridized carbons (Fsp3) is 0.333. The Morgan fingerprint density at radius 2 is 1.02 bits per heavy atom. The molecular weight excluding hydrogens is 682 g/mol. The van der Waals surface area contributed by atoms with Gasteiger partial charge < -0.3 is 8.83 Å². The molecule has 0 amide bonds. The number of rotatable bonds is 4. The Morgan fingerprint density at radius 1 is 0.611 bits per heavy atom. The van der Waals surface area contributed by atoms with Crippen LogP contribution in [-0.4, -0.2) is 28.1 Å². The first-order valence-corrected chi connectivity index (χ1v) is 18.6. The fourth-order valence-electron chi connectivity index (χ4n) is 9.87. The Bertz CT molecular complexity index is 2420. The predicted molar refractivity (Wildman–Crippen MR) is 201 cm³/mol. The Kier molecular flexibility index (Phi) is 7.20. The van der Waals surface area contributed by atoms with Crippen molar-refractivity contribution in [2.75, 3.05) is 0 Å². The van der Waals surface area contributed by atoms with E-state index in [0.717, 1.165) is 47.9 Å². The molecule has 2 aromatic heterocycles. The first-order valence-electron chi connectivity index (χ1n) is 18.6. The summed E-state index contributed by atoms with van der Waals surface area (Å²) in [6.45, 7) is 12.1. The lowest BCUT2D eigenvalue weighted by Crippen LogP contribution is -2.29. The zero-order valence-corrected chi connectivity index (χ0v) is 31.2. The van der Waals surface area contributed by atoms with Crippen molar-refractivity contribution in [3.8, 4) is 22.6 Å². The molecule has 9 heteroatoms. The molecule has 4 aliphatic rings. The van der Waals surface area contributed by atoms with Crippen LogP contribution in [0.5, 0.6) is 0 Å². The van der Waals surface area contributed by atoms with E-state index < -0.39 is 34.0 Å². The smallest absolute Gasteiger partial charge is 0.269 e. The van der Waals surface area contributed by atoms with Crippen LogP contribution in [0.25, 0.3) is 22.6 Å². The Labute approximate surface area is 311 Å². The molecule has 0 N–H and O–H groups in total. The van der Waals surface area contributed by atoms with Gasteiger partial charge in [-0.1, -0.05) is 64.1 Å². The average molecular weight is 722 g/mol. The second-order valence-electron chi connectivity index (χ2n) is 16.7. The molecule has 0 bridgehead atoms. The third-order valence-corrected chi connectivity index (χ3v) is 12.7. The maximum absolute atomic E-state index is 14.1. The number of fused-ring (bicyclic) bond motifs is 10. The van der Waals surface area contributed by atoms with Gasteiger partial charge in [0.2, 0.25) is 23.1 Å². The number of benzene rings is 3. The van der Waals surface area contributed by atoms with Crippen molar-refractivity contribution in [1.82, 2.24) is 0 Å². The monoisotopic (exact) mass is 721 g/mol. The van der Waals surface area contributed by atoms with Crippen LogP contribution >= 0.6 is 0 Å². The van der Waals surface area contributed by atoms with Crippen molar-refractivity contribution in [3.05, 3.63) is 131 Å². The van der Waals surface area contributed by atoms with Crippen molar-refractivity contribution in [2.45, 2.75) is 96.8 Å². The highest BCUT2D eigenvalue weighted by atomic mass is 16.6. The van der Waals surface area contributed by atoms with E-state index in [9.17, 15) is 29.3 Å². The number of carbonyl (C=O) groups excluding carboxylic acids is 4. The van der Waals surface area contributed by atoms with E-state index in [0.29, 0.717) is 74.8 Å². The number of nitro groups is 1. The summed E-state index contributed by atoms with van der Waals surface area (Å²) in [5, 5.41) is 11.7. The van der Waals surface area contributed by atoms with Crippen molar-refractivity contribution in [3.63, 3.8) is 0 Å². The largest absolute Gasteiger partial charge is 0.459 e. The second-order valence-corrected chi connectivity index (χ2v) is 16.7. The summed E-state index contributed by atoms with van der Waals surface area (Å²) >= 11 is 0. The van der Waals surface area contributed by atoms with Gasteiger partial charge in [0.25, 0.3) is 5.69 Å². The second kappa shape index (κ2) is 11.4. The summed E-state index contributed by atoms with van der Waals surface area (Å²) in [6, 6.07) is 13.8. The summed E-state index contributed by atoms with van der Waals surface area (Å²) in [7, 11) is 0. The van der Waals surface area contributed by atoms with Crippen LogP contribution in [0.15, 0.2) is 57.4 Å². The van der Waals surface area contributed by atoms with Crippen LogP contribution in [0, 0.1) is 24.0 Å². The van der Waals surface area contributed by atoms with Gasteiger partial charge in [0.1, 0.15) is 29.0 Å². The number of ketones is 4. The van der Waals surface area contributed by atoms with E-state index in [1.165, 1.54) is 12.1 Å². The molecule has 5 aromatic rings. The average Bonchev–Trinajstić information content (AvgIpc) is 3.65. The van der Waals surface area contributed by atoms with Crippen molar-refractivity contribution in [1.29, 1.82) is 0 Å². The zero-order chi connectivity index (χ0) is 38.2. The number of nitro benzene ring substituents is 1. The van der Waals surface area contributed by atoms with Crippen LogP contribution in [0.1, 0.15) is 151 Å². The van der Waals surface area contributed by atoms with Crippen LogP contribution < -0.4 is 0 Å². The van der Waals surface area contributed by atoms with Gasteiger partial charge in [-0.2, -0.15) is 0 Å². The van der Waals surface area contributed by atoms with Crippen molar-refractivity contribution >= 4 is 28.8 Å². The number of non-ortho nitro benzene ring substituents is 1. The number of furan rings is 2. The first-order chi connectivity index (χ1) is 25.6. The van der Waals surface area contributed by atoms with E-state index >= 15 is 0 Å². The molecule has 0 radical (unpaired) electrons. The van der Waals surface area contributed by atoms with Crippen LogP contribution in [-0.2, 0) is 23.7 Å². The SMILES string of the molecule is Cc1c(C(c2ccc([N+](=O)[O-])cc2)c2oc3c(c2C)C(=O)C(=O)c2c-3ccc3c2CCCC3(C)C)oc2c1C(=O)C(=O)c1c-2ccc2c1CCCC2(C)C. The molecule has 4 aliphatic carbocycles. The number of Topliss-reactive ketones (excluding diaryl/α,β-unsaturated/α-hetero) is 4. The standard InChI is InChI=1S/C45H39NO8/c1-21-31-36(47)38(49)34-25-9-7-19-44(3,4)29(25)17-15-27(34)42(31)53-40(21)33(23-11-13-24(14-12-23)46(51)52)41-22(2)32-37(48)39(50)35-26-10-8-20-45(5,6)30(26)18-16-28(35)43(32)54-41/h11-18,33H,7-10,19-20H2,1-6H3. The Hall–Kier alpha value is -5.70. The van der Waals surface area contributed by atoms with Gasteiger partial charge in [0.05, 0.1) is 16.1 Å². The highest BCUT2D eigenvalue weighted by Gasteiger charge is 2.45. The number of carbonyl (C=O) groups is 4. The van der Waals surface area contributed by atoms with Gasteiger partial charge >= 0.3 is 0 Å². The molecule has 0 aliphatic heterocycles. The zero-order valence-electron chi connectivity index (χ0n) is 31.2. The summed E-state index contributed by atoms with van der Waals surface area (Å²) < 4.78 is 13.5. The summed E-state index contributed by atoms with van der Waals surface area (Å²) in [5.41, 5.74) is 7.12. The Morgan fingerprint density at radius 3 is 1.43 bits per heavy atom. The number of hydrogen-bond donors (Lipinski definition) is 0. The number of hydrogen-bond acceptors (Lipinski definition) is 8. The summed E-state index contributed by atoms with van der Waals surface area (Å²) in [5.74, 6) is -2.13. The van der Waals surface area contributed by atoms with E-state index in [4.69, 9.17) is 8.83 Å².